The summed E-state index contributed by atoms with van der Waals surface area (Å²) in [6, 6.07) is 5.27. The van der Waals surface area contributed by atoms with Crippen molar-refractivity contribution in [2.24, 2.45) is 0 Å². The molecule has 5 N–H and O–H groups in total. The zero-order chi connectivity index (χ0) is 20.9. The minimum atomic E-state index is -1.29. The molecule has 10 heteroatoms. The summed E-state index contributed by atoms with van der Waals surface area (Å²) in [5.74, 6) is -2.56. The molecule has 9 nitrogen and oxygen atoms in total. The van der Waals surface area contributed by atoms with Gasteiger partial charge in [-0.05, 0) is 72.5 Å². The summed E-state index contributed by atoms with van der Waals surface area (Å²) in [7, 11) is 0. The van der Waals surface area contributed by atoms with Crippen LogP contribution in [-0.4, -0.2) is 46.7 Å². The first-order valence-electron chi connectivity index (χ1n) is 8.66. The highest BCUT2D eigenvalue weighted by atomic mass is 125. The van der Waals surface area contributed by atoms with Crippen molar-refractivity contribution < 1.29 is 29.4 Å². The van der Waals surface area contributed by atoms with Crippen molar-refractivity contribution in [1.82, 2.24) is 16.0 Å². The van der Waals surface area contributed by atoms with Gasteiger partial charge in [-0.1, -0.05) is 0 Å². The normalized spacial score (nSPS) is 11.3. The van der Waals surface area contributed by atoms with Crippen molar-refractivity contribution >= 4 is 46.5 Å². The minimum Gasteiger partial charge on any atom is -0.481 e. The lowest BCUT2D eigenvalue weighted by Crippen LogP contribution is -2.45. The number of hydrogen-bond donors (Lipinski definition) is 5. The van der Waals surface area contributed by atoms with Crippen LogP contribution in [0.15, 0.2) is 24.3 Å². The molecule has 1 unspecified atom stereocenters. The average molecular weight is 502 g/mol. The van der Waals surface area contributed by atoms with Crippen LogP contribution >= 0.6 is 22.6 Å². The maximum Gasteiger partial charge on any atom is 0.326 e. The Labute approximate surface area is 176 Å². The van der Waals surface area contributed by atoms with E-state index in [0.29, 0.717) is 31.4 Å². The first-order chi connectivity index (χ1) is 13.3. The van der Waals surface area contributed by atoms with E-state index in [1.165, 1.54) is 6.54 Å². The fourth-order valence-corrected chi connectivity index (χ4v) is 2.53. The molecular formula is C18H23IN3O6. The number of hydrogen-bond acceptors (Lipinski definition) is 4. The van der Waals surface area contributed by atoms with Crippen molar-refractivity contribution in [3.8, 4) is 0 Å². The predicted octanol–water partition coefficient (Wildman–Crippen LogP) is 1.97. The summed E-state index contributed by atoms with van der Waals surface area (Å²) in [5.41, 5.74) is 0.598. The van der Waals surface area contributed by atoms with Gasteiger partial charge in [0.05, 0.1) is 6.54 Å². The average Bonchev–Trinajstić information content (AvgIpc) is 2.64. The second kappa shape index (κ2) is 12.9. The number of aliphatic carboxylic acids is 2. The molecule has 0 aromatic heterocycles. The van der Waals surface area contributed by atoms with Gasteiger partial charge in [0.2, 0.25) is 0 Å². The lowest BCUT2D eigenvalue weighted by atomic mass is 10.1. The van der Waals surface area contributed by atoms with Crippen molar-refractivity contribution in [1.29, 1.82) is 0 Å². The van der Waals surface area contributed by atoms with Crippen LogP contribution in [-0.2, 0) is 9.59 Å². The van der Waals surface area contributed by atoms with Crippen LogP contribution in [0.25, 0.3) is 0 Å². The fraction of sp³-hybridized carbons (Fsp3) is 0.389. The van der Waals surface area contributed by atoms with Gasteiger partial charge in [0.25, 0.3) is 5.91 Å². The Kier molecular flexibility index (Phi) is 10.9. The molecule has 0 heterocycles. The number of benzene rings is 1. The Hall–Kier alpha value is -2.37. The first-order valence-corrected chi connectivity index (χ1v) is 9.74. The number of amides is 3. The SMILES string of the molecule is O=C(O)CCC(NC(=O)N[CH]CCCCNC(=O)c1ccc([125I])cc1)C(=O)O. The molecule has 1 aromatic carbocycles. The standard InChI is InChI=1S/C18H23IN3O6/c19-13-6-4-12(5-7-13)16(25)20-10-2-1-3-11-21-18(28)22-14(17(26)27)8-9-15(23)24/h4-7,11,14H,1-3,8-10H2,(H,20,25)(H,23,24)(H,26,27)(H2,21,22,28)/i19-2. The third-order valence-electron chi connectivity index (χ3n) is 3.65. The zero-order valence-electron chi connectivity index (χ0n) is 15.1. The second-order valence-electron chi connectivity index (χ2n) is 5.90. The molecule has 28 heavy (non-hydrogen) atoms. The molecule has 0 fully saturated rings. The summed E-state index contributed by atoms with van der Waals surface area (Å²) in [6.45, 7) is 1.99. The Bertz CT molecular complexity index is 680. The summed E-state index contributed by atoms with van der Waals surface area (Å²) < 4.78 is 1.05. The Balaban J connectivity index is 2.13. The topological polar surface area (TPSA) is 145 Å². The van der Waals surface area contributed by atoms with Crippen LogP contribution in [0.2, 0.25) is 0 Å². The van der Waals surface area contributed by atoms with E-state index in [9.17, 15) is 19.2 Å². The molecule has 0 aliphatic heterocycles. The molecule has 0 saturated heterocycles. The van der Waals surface area contributed by atoms with Crippen molar-refractivity contribution in [3.63, 3.8) is 0 Å². The molecular weight excluding hydrogens is 479 g/mol. The summed E-state index contributed by atoms with van der Waals surface area (Å²) in [6.07, 6.45) is 1.42. The molecule has 0 spiro atoms. The van der Waals surface area contributed by atoms with Gasteiger partial charge in [-0.3, -0.25) is 9.59 Å². The molecule has 1 rings (SSSR count). The third kappa shape index (κ3) is 10.1. The van der Waals surface area contributed by atoms with Crippen LogP contribution in [0.5, 0.6) is 0 Å². The number of carbonyl (C=O) groups is 4. The minimum absolute atomic E-state index is 0.140. The molecule has 1 aromatic rings. The van der Waals surface area contributed by atoms with E-state index in [1.54, 1.807) is 12.1 Å². The molecule has 0 aliphatic carbocycles. The van der Waals surface area contributed by atoms with E-state index < -0.39 is 24.0 Å². The third-order valence-corrected chi connectivity index (χ3v) is 4.37. The van der Waals surface area contributed by atoms with Crippen LogP contribution in [0, 0.1) is 10.1 Å². The monoisotopic (exact) mass is 502 g/mol. The number of rotatable bonds is 12. The van der Waals surface area contributed by atoms with Gasteiger partial charge in [-0.2, -0.15) is 0 Å². The summed E-state index contributed by atoms with van der Waals surface area (Å²) >= 11 is 2.17. The summed E-state index contributed by atoms with van der Waals surface area (Å²) in [4.78, 5) is 45.0. The van der Waals surface area contributed by atoms with Crippen LogP contribution in [0.3, 0.4) is 0 Å². The highest BCUT2D eigenvalue weighted by molar-refractivity contribution is 14.1. The van der Waals surface area contributed by atoms with Crippen LogP contribution < -0.4 is 16.0 Å². The molecule has 1 radical (unpaired) electrons. The molecule has 3 amide bonds. The molecule has 1 atom stereocenters. The van der Waals surface area contributed by atoms with Crippen molar-refractivity contribution in [3.05, 3.63) is 39.9 Å². The largest absolute Gasteiger partial charge is 0.481 e. The zero-order valence-corrected chi connectivity index (χ0v) is 17.3. The van der Waals surface area contributed by atoms with E-state index >= 15 is 0 Å². The van der Waals surface area contributed by atoms with Crippen LogP contribution in [0.4, 0.5) is 4.79 Å². The van der Waals surface area contributed by atoms with E-state index in [4.69, 9.17) is 10.2 Å². The predicted molar refractivity (Wildman–Crippen MR) is 110 cm³/mol. The number of carboxylic acids is 2. The molecule has 0 saturated carbocycles. The van der Waals surface area contributed by atoms with Gasteiger partial charge in [-0.25, -0.2) is 9.59 Å². The van der Waals surface area contributed by atoms with E-state index in [-0.39, 0.29) is 18.7 Å². The maximum atomic E-state index is 11.9. The molecule has 0 aliphatic rings. The first kappa shape index (κ1) is 23.7. The number of urea groups is 1. The number of carbonyl (C=O) groups excluding carboxylic acids is 2. The van der Waals surface area contributed by atoms with Gasteiger partial charge in [0, 0.05) is 22.1 Å². The number of nitrogens with one attached hydrogen (secondary N) is 3. The fourth-order valence-electron chi connectivity index (χ4n) is 2.17. The van der Waals surface area contributed by atoms with Crippen molar-refractivity contribution in [2.75, 3.05) is 6.54 Å². The second-order valence-corrected chi connectivity index (χ2v) is 7.15. The van der Waals surface area contributed by atoms with Crippen LogP contribution in [0.1, 0.15) is 42.5 Å². The van der Waals surface area contributed by atoms with E-state index in [0.717, 1.165) is 3.57 Å². The van der Waals surface area contributed by atoms with Crippen molar-refractivity contribution in [2.45, 2.75) is 38.1 Å². The maximum absolute atomic E-state index is 11.9. The number of unbranched alkanes of at least 4 members (excludes halogenated alkanes) is 2. The Morgan fingerprint density at radius 2 is 1.75 bits per heavy atom. The van der Waals surface area contributed by atoms with Gasteiger partial charge < -0.3 is 26.2 Å². The number of carboxylic acid groups (broad SMARTS) is 2. The quantitative estimate of drug-likeness (QED) is 0.218. The Morgan fingerprint density at radius 3 is 2.36 bits per heavy atom. The lowest BCUT2D eigenvalue weighted by Gasteiger charge is -2.14. The molecule has 0 bridgehead atoms. The lowest BCUT2D eigenvalue weighted by molar-refractivity contribution is -0.140. The smallest absolute Gasteiger partial charge is 0.326 e. The highest BCUT2D eigenvalue weighted by Gasteiger charge is 2.20. The Morgan fingerprint density at radius 1 is 1.07 bits per heavy atom. The molecule has 153 valence electrons. The highest BCUT2D eigenvalue weighted by Crippen LogP contribution is 2.06. The van der Waals surface area contributed by atoms with Gasteiger partial charge in [-0.15, -0.1) is 0 Å². The summed E-state index contributed by atoms with van der Waals surface area (Å²) in [5, 5.41) is 25.0. The van der Waals surface area contributed by atoms with E-state index in [2.05, 4.69) is 38.5 Å². The van der Waals surface area contributed by atoms with Gasteiger partial charge in [0.1, 0.15) is 6.04 Å². The van der Waals surface area contributed by atoms with E-state index in [1.807, 2.05) is 12.1 Å². The van der Waals surface area contributed by atoms with Gasteiger partial charge in [0.15, 0.2) is 0 Å². The van der Waals surface area contributed by atoms with Gasteiger partial charge >= 0.3 is 18.0 Å². The number of halogens is 1.